The molecular formula is C21H24INO. The maximum atomic E-state index is 10.7. The van der Waals surface area contributed by atoms with Crippen LogP contribution in [0, 0.1) is 3.57 Å². The first-order chi connectivity index (χ1) is 11.7. The van der Waals surface area contributed by atoms with Crippen molar-refractivity contribution >= 4 is 22.6 Å². The molecule has 0 spiro atoms. The first kappa shape index (κ1) is 16.6. The number of fused-ring (bicyclic) bond motifs is 1. The standard InChI is InChI=1S/C21H24INO/c22-19-7-6-17-13-20(21(24)14-18(17)12-19)23-10-8-16(9-11-23)15-4-2-1-3-5-15/h1-7,12,16,20-21,24H,8-11,13-14H2/t20-,21-/m1/s1. The van der Waals surface area contributed by atoms with Crippen molar-refractivity contribution in [3.63, 3.8) is 0 Å². The van der Waals surface area contributed by atoms with Crippen molar-refractivity contribution in [2.24, 2.45) is 0 Å². The van der Waals surface area contributed by atoms with E-state index in [2.05, 4.69) is 76.0 Å². The Kier molecular flexibility index (Phi) is 4.93. The van der Waals surface area contributed by atoms with Gasteiger partial charge < -0.3 is 5.11 Å². The highest BCUT2D eigenvalue weighted by Crippen LogP contribution is 2.32. The van der Waals surface area contributed by atoms with Crippen LogP contribution in [0.5, 0.6) is 0 Å². The molecule has 24 heavy (non-hydrogen) atoms. The van der Waals surface area contributed by atoms with Crippen molar-refractivity contribution < 1.29 is 5.11 Å². The normalized spacial score (nSPS) is 25.4. The zero-order valence-corrected chi connectivity index (χ0v) is 16.0. The smallest absolute Gasteiger partial charge is 0.0738 e. The second-order valence-corrected chi connectivity index (χ2v) is 8.42. The van der Waals surface area contributed by atoms with E-state index >= 15 is 0 Å². The maximum absolute atomic E-state index is 10.7. The van der Waals surface area contributed by atoms with Gasteiger partial charge in [0.1, 0.15) is 0 Å². The average Bonchev–Trinajstić information content (AvgIpc) is 2.62. The Morgan fingerprint density at radius 1 is 0.917 bits per heavy atom. The monoisotopic (exact) mass is 433 g/mol. The fraction of sp³-hybridized carbons (Fsp3) is 0.429. The minimum Gasteiger partial charge on any atom is -0.391 e. The number of piperidine rings is 1. The van der Waals surface area contributed by atoms with Crippen LogP contribution in [0.2, 0.25) is 0 Å². The zero-order chi connectivity index (χ0) is 16.5. The summed E-state index contributed by atoms with van der Waals surface area (Å²) in [6.45, 7) is 2.20. The van der Waals surface area contributed by atoms with Gasteiger partial charge >= 0.3 is 0 Å². The summed E-state index contributed by atoms with van der Waals surface area (Å²) < 4.78 is 1.26. The van der Waals surface area contributed by atoms with Crippen LogP contribution in [0.1, 0.15) is 35.4 Å². The number of aliphatic hydroxyl groups is 1. The molecule has 1 aliphatic carbocycles. The molecule has 1 aliphatic heterocycles. The van der Waals surface area contributed by atoms with Gasteiger partial charge in [0, 0.05) is 16.0 Å². The van der Waals surface area contributed by atoms with Crippen molar-refractivity contribution in [1.29, 1.82) is 0 Å². The summed E-state index contributed by atoms with van der Waals surface area (Å²) in [5.41, 5.74) is 4.24. The number of nitrogens with zero attached hydrogens (tertiary/aromatic N) is 1. The molecule has 3 heteroatoms. The lowest BCUT2D eigenvalue weighted by molar-refractivity contribution is 0.0294. The van der Waals surface area contributed by atoms with Crippen molar-refractivity contribution in [3.8, 4) is 0 Å². The van der Waals surface area contributed by atoms with Gasteiger partial charge in [0.05, 0.1) is 6.10 Å². The fourth-order valence-electron chi connectivity index (χ4n) is 4.37. The van der Waals surface area contributed by atoms with Crippen LogP contribution in [0.15, 0.2) is 48.5 Å². The molecule has 2 aromatic rings. The molecule has 2 aliphatic rings. The summed E-state index contributed by atoms with van der Waals surface area (Å²) in [7, 11) is 0. The summed E-state index contributed by atoms with van der Waals surface area (Å²) in [6, 6.07) is 17.9. The van der Waals surface area contributed by atoms with Gasteiger partial charge in [-0.05, 0) is 89.7 Å². The Bertz CT molecular complexity index is 694. The third kappa shape index (κ3) is 3.39. The number of benzene rings is 2. The molecule has 4 rings (SSSR count). The highest BCUT2D eigenvalue weighted by molar-refractivity contribution is 14.1. The Labute approximate surface area is 158 Å². The number of aliphatic hydroxyl groups excluding tert-OH is 1. The van der Waals surface area contributed by atoms with Crippen molar-refractivity contribution in [1.82, 2.24) is 4.90 Å². The number of hydrogen-bond donors (Lipinski definition) is 1. The first-order valence-corrected chi connectivity index (χ1v) is 10.0. The molecule has 0 bridgehead atoms. The molecule has 2 nitrogen and oxygen atoms in total. The number of rotatable bonds is 2. The third-order valence-electron chi connectivity index (χ3n) is 5.74. The first-order valence-electron chi connectivity index (χ1n) is 8.95. The highest BCUT2D eigenvalue weighted by Gasteiger charge is 2.33. The van der Waals surface area contributed by atoms with E-state index in [0.29, 0.717) is 5.92 Å². The maximum Gasteiger partial charge on any atom is 0.0738 e. The topological polar surface area (TPSA) is 23.5 Å². The lowest BCUT2D eigenvalue weighted by Gasteiger charge is -2.42. The summed E-state index contributed by atoms with van der Waals surface area (Å²) in [4.78, 5) is 2.53. The van der Waals surface area contributed by atoms with Gasteiger partial charge in [0.2, 0.25) is 0 Å². The Balaban J connectivity index is 1.43. The van der Waals surface area contributed by atoms with E-state index in [9.17, 15) is 5.11 Å². The largest absolute Gasteiger partial charge is 0.391 e. The van der Waals surface area contributed by atoms with Gasteiger partial charge in [-0.3, -0.25) is 4.90 Å². The van der Waals surface area contributed by atoms with E-state index in [4.69, 9.17) is 0 Å². The van der Waals surface area contributed by atoms with Crippen LogP contribution < -0.4 is 0 Å². The SMILES string of the molecule is O[C@@H]1Cc2cc(I)ccc2C[C@H]1N1CCC(c2ccccc2)CC1. The molecule has 0 unspecified atom stereocenters. The molecule has 126 valence electrons. The second-order valence-electron chi connectivity index (χ2n) is 7.18. The van der Waals surface area contributed by atoms with E-state index in [1.807, 2.05) is 0 Å². The second kappa shape index (κ2) is 7.14. The minimum absolute atomic E-state index is 0.232. The summed E-state index contributed by atoms with van der Waals surface area (Å²) in [5.74, 6) is 0.678. The van der Waals surface area contributed by atoms with E-state index in [1.54, 1.807) is 0 Å². The van der Waals surface area contributed by atoms with Crippen molar-refractivity contribution in [2.45, 2.75) is 43.7 Å². The summed E-state index contributed by atoms with van der Waals surface area (Å²) in [6.07, 6.45) is 3.96. The van der Waals surface area contributed by atoms with Gasteiger partial charge in [-0.25, -0.2) is 0 Å². The van der Waals surface area contributed by atoms with Crippen LogP contribution >= 0.6 is 22.6 Å². The zero-order valence-electron chi connectivity index (χ0n) is 13.9. The van der Waals surface area contributed by atoms with Crippen LogP contribution in [0.4, 0.5) is 0 Å². The fourth-order valence-corrected chi connectivity index (χ4v) is 4.92. The lowest BCUT2D eigenvalue weighted by Crippen LogP contribution is -2.50. The predicted octanol–water partition coefficient (Wildman–Crippen LogP) is 4.00. The van der Waals surface area contributed by atoms with Gasteiger partial charge in [0.25, 0.3) is 0 Å². The molecule has 2 aromatic carbocycles. The number of likely N-dealkylation sites (tertiary alicyclic amines) is 1. The Morgan fingerprint density at radius 3 is 2.42 bits per heavy atom. The van der Waals surface area contributed by atoms with E-state index in [1.165, 1.54) is 33.1 Å². The molecule has 1 fully saturated rings. The quantitative estimate of drug-likeness (QED) is 0.724. The summed E-state index contributed by atoms with van der Waals surface area (Å²) in [5, 5.41) is 10.7. The lowest BCUT2D eigenvalue weighted by atomic mass is 9.83. The van der Waals surface area contributed by atoms with Gasteiger partial charge in [-0.2, -0.15) is 0 Å². The van der Waals surface area contributed by atoms with Gasteiger partial charge in [-0.15, -0.1) is 0 Å². The average molecular weight is 433 g/mol. The van der Waals surface area contributed by atoms with E-state index in [0.717, 1.165) is 25.9 Å². The highest BCUT2D eigenvalue weighted by atomic mass is 127. The van der Waals surface area contributed by atoms with Crippen molar-refractivity contribution in [3.05, 3.63) is 68.8 Å². The minimum atomic E-state index is -0.232. The molecule has 0 amide bonds. The molecule has 1 saturated heterocycles. The molecule has 1 N–H and O–H groups in total. The molecule has 2 atom stereocenters. The Morgan fingerprint density at radius 2 is 1.67 bits per heavy atom. The van der Waals surface area contributed by atoms with Crippen molar-refractivity contribution in [2.75, 3.05) is 13.1 Å². The number of halogens is 1. The molecule has 1 heterocycles. The molecule has 0 aromatic heterocycles. The van der Waals surface area contributed by atoms with E-state index < -0.39 is 0 Å². The number of hydrogen-bond acceptors (Lipinski definition) is 2. The molecule has 0 saturated carbocycles. The molecular weight excluding hydrogens is 409 g/mol. The molecule has 0 radical (unpaired) electrons. The Hall–Kier alpha value is -0.910. The van der Waals surface area contributed by atoms with Crippen LogP contribution in [-0.4, -0.2) is 35.2 Å². The van der Waals surface area contributed by atoms with Crippen LogP contribution in [0.25, 0.3) is 0 Å². The van der Waals surface area contributed by atoms with Crippen LogP contribution in [-0.2, 0) is 12.8 Å². The third-order valence-corrected chi connectivity index (χ3v) is 6.41. The summed E-state index contributed by atoms with van der Waals surface area (Å²) >= 11 is 2.36. The van der Waals surface area contributed by atoms with Gasteiger partial charge in [0.15, 0.2) is 0 Å². The predicted molar refractivity (Wildman–Crippen MR) is 106 cm³/mol. The van der Waals surface area contributed by atoms with E-state index in [-0.39, 0.29) is 12.1 Å². The van der Waals surface area contributed by atoms with Gasteiger partial charge in [-0.1, -0.05) is 36.4 Å². The van der Waals surface area contributed by atoms with Crippen LogP contribution in [0.3, 0.4) is 0 Å².